The van der Waals surface area contributed by atoms with E-state index in [1.54, 1.807) is 41.5 Å². The van der Waals surface area contributed by atoms with Crippen molar-refractivity contribution in [3.8, 4) is 0 Å². The molecular formula is C21H29FN2O5. The number of hydrogen-bond donors (Lipinski definition) is 0. The molecule has 0 radical (unpaired) electrons. The second-order valence-corrected chi connectivity index (χ2v) is 8.99. The first kappa shape index (κ1) is 22.6. The smallest absolute Gasteiger partial charge is 0.411 e. The Balaban J connectivity index is 2.27. The Bertz CT molecular complexity index is 765. The number of hydrogen-bond acceptors (Lipinski definition) is 5. The van der Waals surface area contributed by atoms with Crippen molar-refractivity contribution in [2.75, 3.05) is 19.6 Å². The molecule has 1 aliphatic rings. The number of amides is 2. The minimum atomic E-state index is -0.962. The molecule has 0 spiro atoms. The van der Waals surface area contributed by atoms with Crippen LogP contribution in [0.4, 0.5) is 14.0 Å². The fourth-order valence-corrected chi connectivity index (χ4v) is 2.85. The van der Waals surface area contributed by atoms with Crippen LogP contribution in [0.5, 0.6) is 0 Å². The van der Waals surface area contributed by atoms with E-state index < -0.39 is 41.0 Å². The van der Waals surface area contributed by atoms with E-state index in [0.717, 1.165) is 0 Å². The van der Waals surface area contributed by atoms with E-state index in [4.69, 9.17) is 9.47 Å². The molecule has 2 amide bonds. The molecule has 0 aromatic heterocycles. The van der Waals surface area contributed by atoms with E-state index in [0.29, 0.717) is 0 Å². The predicted molar refractivity (Wildman–Crippen MR) is 105 cm³/mol. The Morgan fingerprint density at radius 1 is 0.897 bits per heavy atom. The van der Waals surface area contributed by atoms with Gasteiger partial charge in [0.15, 0.2) is 5.78 Å². The predicted octanol–water partition coefficient (Wildman–Crippen LogP) is 3.86. The van der Waals surface area contributed by atoms with E-state index >= 15 is 0 Å². The van der Waals surface area contributed by atoms with Gasteiger partial charge in [0.25, 0.3) is 0 Å². The second-order valence-electron chi connectivity index (χ2n) is 8.99. The minimum absolute atomic E-state index is 0.0373. The maximum Gasteiger partial charge on any atom is 0.411 e. The van der Waals surface area contributed by atoms with Gasteiger partial charge in [-0.3, -0.25) is 9.69 Å². The van der Waals surface area contributed by atoms with Gasteiger partial charge in [-0.25, -0.2) is 14.0 Å². The molecule has 0 aliphatic carbocycles. The first-order valence-electron chi connectivity index (χ1n) is 9.54. The molecule has 0 unspecified atom stereocenters. The van der Waals surface area contributed by atoms with Gasteiger partial charge in [-0.1, -0.05) is 0 Å². The number of halogens is 1. The van der Waals surface area contributed by atoms with Crippen molar-refractivity contribution in [1.29, 1.82) is 0 Å². The number of nitrogens with zero attached hydrogens (tertiary/aromatic N) is 2. The van der Waals surface area contributed by atoms with Crippen LogP contribution in [-0.2, 0) is 9.47 Å². The van der Waals surface area contributed by atoms with Crippen LogP contribution in [-0.4, -0.2) is 64.6 Å². The second kappa shape index (κ2) is 8.39. The molecule has 1 aliphatic heterocycles. The minimum Gasteiger partial charge on any atom is -0.444 e. The van der Waals surface area contributed by atoms with Crippen molar-refractivity contribution >= 4 is 18.0 Å². The van der Waals surface area contributed by atoms with Crippen LogP contribution >= 0.6 is 0 Å². The van der Waals surface area contributed by atoms with Crippen LogP contribution in [0.1, 0.15) is 51.9 Å². The summed E-state index contributed by atoms with van der Waals surface area (Å²) in [5.74, 6) is -0.867. The van der Waals surface area contributed by atoms with Crippen LogP contribution in [0.25, 0.3) is 0 Å². The maximum absolute atomic E-state index is 13.2. The highest BCUT2D eigenvalue weighted by Gasteiger charge is 2.40. The van der Waals surface area contributed by atoms with E-state index in [1.807, 2.05) is 0 Å². The summed E-state index contributed by atoms with van der Waals surface area (Å²) in [6.45, 7) is 10.8. The lowest BCUT2D eigenvalue weighted by Gasteiger charge is -2.41. The van der Waals surface area contributed by atoms with Crippen molar-refractivity contribution in [3.05, 3.63) is 35.6 Å². The normalized spacial score (nSPS) is 17.7. The largest absolute Gasteiger partial charge is 0.444 e. The zero-order valence-corrected chi connectivity index (χ0v) is 17.8. The van der Waals surface area contributed by atoms with Gasteiger partial charge in [0.1, 0.15) is 23.1 Å². The molecule has 1 fully saturated rings. The summed E-state index contributed by atoms with van der Waals surface area (Å²) in [7, 11) is 0. The van der Waals surface area contributed by atoms with E-state index in [1.165, 1.54) is 34.1 Å². The van der Waals surface area contributed by atoms with Gasteiger partial charge in [-0.15, -0.1) is 0 Å². The van der Waals surface area contributed by atoms with Gasteiger partial charge in [0.05, 0.1) is 6.54 Å². The Hall–Kier alpha value is -2.64. The molecular weight excluding hydrogens is 379 g/mol. The van der Waals surface area contributed by atoms with Crippen LogP contribution in [0.15, 0.2) is 24.3 Å². The van der Waals surface area contributed by atoms with Gasteiger partial charge >= 0.3 is 12.2 Å². The molecule has 1 saturated heterocycles. The lowest BCUT2D eigenvalue weighted by molar-refractivity contribution is -0.0120. The van der Waals surface area contributed by atoms with Crippen molar-refractivity contribution in [2.45, 2.75) is 58.8 Å². The third-order valence-corrected chi connectivity index (χ3v) is 4.09. The molecule has 0 bridgehead atoms. The van der Waals surface area contributed by atoms with E-state index in [9.17, 15) is 18.8 Å². The van der Waals surface area contributed by atoms with Crippen LogP contribution in [0.2, 0.25) is 0 Å². The zero-order valence-electron chi connectivity index (χ0n) is 17.8. The highest BCUT2D eigenvalue weighted by Crippen LogP contribution is 2.21. The molecule has 1 aromatic carbocycles. The van der Waals surface area contributed by atoms with Gasteiger partial charge in [-0.05, 0) is 65.8 Å². The number of ether oxygens (including phenoxy) is 2. The van der Waals surface area contributed by atoms with Crippen LogP contribution in [0.3, 0.4) is 0 Å². The van der Waals surface area contributed by atoms with E-state index in [2.05, 4.69) is 0 Å². The summed E-state index contributed by atoms with van der Waals surface area (Å²) in [5.41, 5.74) is -1.17. The summed E-state index contributed by atoms with van der Waals surface area (Å²) in [6, 6.07) is 4.12. The first-order valence-corrected chi connectivity index (χ1v) is 9.54. The summed E-state index contributed by atoms with van der Waals surface area (Å²) in [6.07, 6.45) is -1.19. The van der Waals surface area contributed by atoms with Crippen molar-refractivity contribution < 1.29 is 28.2 Å². The van der Waals surface area contributed by atoms with Crippen molar-refractivity contribution in [3.63, 3.8) is 0 Å². The quantitative estimate of drug-likeness (QED) is 0.695. The van der Waals surface area contributed by atoms with Gasteiger partial charge in [-0.2, -0.15) is 0 Å². The van der Waals surface area contributed by atoms with Crippen LogP contribution in [0, 0.1) is 5.82 Å². The monoisotopic (exact) mass is 408 g/mol. The molecule has 0 N–H and O–H groups in total. The number of carbonyl (C=O) groups excluding carboxylic acids is 3. The molecule has 7 nitrogen and oxygen atoms in total. The lowest BCUT2D eigenvalue weighted by atomic mass is 10.0. The van der Waals surface area contributed by atoms with Gasteiger partial charge in [0, 0.05) is 18.7 Å². The Morgan fingerprint density at radius 2 is 1.41 bits per heavy atom. The van der Waals surface area contributed by atoms with Crippen molar-refractivity contribution in [2.24, 2.45) is 0 Å². The van der Waals surface area contributed by atoms with E-state index in [-0.39, 0.29) is 25.2 Å². The third-order valence-electron chi connectivity index (χ3n) is 4.09. The number of ketones is 1. The number of rotatable bonds is 2. The third kappa shape index (κ3) is 6.44. The number of piperazine rings is 1. The topological polar surface area (TPSA) is 76.2 Å². The molecule has 1 heterocycles. The highest BCUT2D eigenvalue weighted by molar-refractivity contribution is 6.02. The highest BCUT2D eigenvalue weighted by atomic mass is 19.1. The Morgan fingerprint density at radius 3 is 1.93 bits per heavy atom. The summed E-state index contributed by atoms with van der Waals surface area (Å²) >= 11 is 0. The molecule has 2 rings (SSSR count). The number of Topliss-reactive ketones (excluding diaryl/α,β-unsaturated/α-hetero) is 1. The Labute approximate surface area is 170 Å². The first-order chi connectivity index (χ1) is 13.3. The molecule has 29 heavy (non-hydrogen) atoms. The van der Waals surface area contributed by atoms with Crippen molar-refractivity contribution in [1.82, 2.24) is 9.80 Å². The summed E-state index contributed by atoms with van der Waals surface area (Å²) < 4.78 is 24.1. The summed E-state index contributed by atoms with van der Waals surface area (Å²) in [4.78, 5) is 41.0. The molecule has 1 aromatic rings. The maximum atomic E-state index is 13.2. The van der Waals surface area contributed by atoms with Gasteiger partial charge < -0.3 is 14.4 Å². The molecule has 160 valence electrons. The lowest BCUT2D eigenvalue weighted by Crippen LogP contribution is -2.60. The average Bonchev–Trinajstić information content (AvgIpc) is 2.58. The molecule has 8 heteroatoms. The number of benzene rings is 1. The van der Waals surface area contributed by atoms with Gasteiger partial charge in [0.2, 0.25) is 0 Å². The average molecular weight is 408 g/mol. The molecule has 0 saturated carbocycles. The zero-order chi connectivity index (χ0) is 22.0. The standard InChI is InChI=1S/C21H29FN2O5/c1-20(2,3)28-18(26)23-11-12-24(19(27)29-21(4,5)6)16(13-23)17(25)14-7-9-15(22)10-8-14/h7-10,16H,11-13H2,1-6H3/t16-/m1/s1. The Kier molecular flexibility index (Phi) is 6.55. The fraction of sp³-hybridized carbons (Fsp3) is 0.571. The molecule has 1 atom stereocenters. The number of carbonyl (C=O) groups is 3. The van der Waals surface area contributed by atoms with Crippen LogP contribution < -0.4 is 0 Å². The SMILES string of the molecule is CC(C)(C)OC(=O)N1CCN(C(=O)OC(C)(C)C)[C@@H](C(=O)c2ccc(F)cc2)C1. The summed E-state index contributed by atoms with van der Waals surface area (Å²) in [5, 5.41) is 0. The fourth-order valence-electron chi connectivity index (χ4n) is 2.85.